The van der Waals surface area contributed by atoms with E-state index in [9.17, 15) is 14.4 Å². The molecule has 2 N–H and O–H groups in total. The van der Waals surface area contributed by atoms with Gasteiger partial charge in [0.1, 0.15) is 5.76 Å². The lowest BCUT2D eigenvalue weighted by Gasteiger charge is -2.18. The van der Waals surface area contributed by atoms with Crippen LogP contribution in [0.4, 0.5) is 0 Å². The van der Waals surface area contributed by atoms with Gasteiger partial charge in [0.2, 0.25) is 25.4 Å². The van der Waals surface area contributed by atoms with Crippen molar-refractivity contribution < 1.29 is 33.0 Å². The average molecular weight is 635 g/mol. The molecule has 0 radical (unpaired) electrons. The molecule has 45 heavy (non-hydrogen) atoms. The minimum Gasteiger partial charge on any atom is -0.467 e. The molecule has 2 amide bonds. The maximum atomic E-state index is 13.8. The average Bonchev–Trinajstić information content (AvgIpc) is 3.83. The molecule has 0 saturated carbocycles. The molecule has 0 aliphatic carbocycles. The zero-order valence-corrected chi connectivity index (χ0v) is 25.7. The third kappa shape index (κ3) is 7.19. The number of hydrogen-bond acceptors (Lipinski definition) is 10. The predicted molar refractivity (Wildman–Crippen MR) is 165 cm³/mol. The lowest BCUT2D eigenvalue weighted by molar-refractivity contribution is -0.122. The zero-order chi connectivity index (χ0) is 31.2. The molecule has 2 aromatic carbocycles. The first-order valence-electron chi connectivity index (χ1n) is 14.9. The fourth-order valence-corrected chi connectivity index (χ4v) is 6.16. The summed E-state index contributed by atoms with van der Waals surface area (Å²) in [7, 11) is 0. The van der Waals surface area contributed by atoms with Gasteiger partial charge < -0.3 is 34.0 Å². The van der Waals surface area contributed by atoms with E-state index < -0.39 is 5.25 Å². The van der Waals surface area contributed by atoms with Crippen molar-refractivity contribution in [2.45, 2.75) is 69.1 Å². The number of carbonyl (C=O) groups is 2. The van der Waals surface area contributed by atoms with Crippen LogP contribution in [0.5, 0.6) is 23.0 Å². The number of aromatic nitrogens is 2. The predicted octanol–water partition coefficient (Wildman–Crippen LogP) is 4.51. The molecule has 0 bridgehead atoms. The third-order valence-electron chi connectivity index (χ3n) is 7.55. The van der Waals surface area contributed by atoms with Gasteiger partial charge in [-0.1, -0.05) is 31.2 Å². The fraction of sp³-hybridized carbons (Fsp3) is 0.375. The summed E-state index contributed by atoms with van der Waals surface area (Å²) >= 11 is 1.26. The number of benzene rings is 2. The molecule has 13 heteroatoms. The number of ether oxygens (including phenoxy) is 4. The molecule has 0 fully saturated rings. The summed E-state index contributed by atoms with van der Waals surface area (Å²) in [6.07, 6.45) is 4.51. The minimum absolute atomic E-state index is 0.0455. The maximum Gasteiger partial charge on any atom is 0.262 e. The molecule has 0 spiro atoms. The van der Waals surface area contributed by atoms with Crippen LogP contribution in [0, 0.1) is 0 Å². The summed E-state index contributed by atoms with van der Waals surface area (Å²) in [5, 5.41) is 6.25. The van der Waals surface area contributed by atoms with E-state index in [0.29, 0.717) is 83.6 Å². The second kappa shape index (κ2) is 14.0. The van der Waals surface area contributed by atoms with Gasteiger partial charge in [-0.25, -0.2) is 4.98 Å². The number of hydrogen-bond donors (Lipinski definition) is 2. The Hall–Kier alpha value is -4.65. The summed E-state index contributed by atoms with van der Waals surface area (Å²) < 4.78 is 28.7. The van der Waals surface area contributed by atoms with Crippen molar-refractivity contribution in [2.24, 2.45) is 0 Å². The summed E-state index contributed by atoms with van der Waals surface area (Å²) in [6, 6.07) is 12.5. The van der Waals surface area contributed by atoms with Crippen LogP contribution in [0.25, 0.3) is 10.9 Å². The molecule has 2 aliphatic rings. The van der Waals surface area contributed by atoms with Crippen LogP contribution in [-0.4, -0.2) is 40.2 Å². The lowest BCUT2D eigenvalue weighted by Crippen LogP contribution is -2.33. The van der Waals surface area contributed by atoms with Gasteiger partial charge in [-0.2, -0.15) is 0 Å². The second-order valence-electron chi connectivity index (χ2n) is 10.7. The van der Waals surface area contributed by atoms with Gasteiger partial charge in [0.15, 0.2) is 28.2 Å². The first kappa shape index (κ1) is 30.4. The Balaban J connectivity index is 1.08. The van der Waals surface area contributed by atoms with Gasteiger partial charge in [0.05, 0.1) is 29.0 Å². The normalized spacial score (nSPS) is 13.6. The molecule has 12 nitrogen and oxygen atoms in total. The van der Waals surface area contributed by atoms with Crippen LogP contribution >= 0.6 is 11.8 Å². The van der Waals surface area contributed by atoms with E-state index in [2.05, 4.69) is 10.6 Å². The number of amides is 2. The van der Waals surface area contributed by atoms with Crippen molar-refractivity contribution in [1.82, 2.24) is 20.2 Å². The van der Waals surface area contributed by atoms with Crippen molar-refractivity contribution in [2.75, 3.05) is 13.6 Å². The number of rotatable bonds is 14. The van der Waals surface area contributed by atoms with Gasteiger partial charge in [0.25, 0.3) is 5.56 Å². The highest BCUT2D eigenvalue weighted by Gasteiger charge is 2.24. The zero-order valence-electron chi connectivity index (χ0n) is 24.8. The summed E-state index contributed by atoms with van der Waals surface area (Å²) in [6.45, 7) is 3.28. The number of carbonyl (C=O) groups excluding carboxylic acids is 2. The van der Waals surface area contributed by atoms with E-state index in [1.807, 2.05) is 25.1 Å². The molecule has 236 valence electrons. The van der Waals surface area contributed by atoms with E-state index in [4.69, 9.17) is 28.3 Å². The number of furan rings is 1. The number of fused-ring (bicyclic) bond motifs is 3. The topological polar surface area (TPSA) is 143 Å². The third-order valence-corrected chi connectivity index (χ3v) is 8.91. The quantitative estimate of drug-likeness (QED) is 0.116. The molecule has 6 rings (SSSR count). The summed E-state index contributed by atoms with van der Waals surface area (Å²) in [5.41, 5.74) is 1.20. The standard InChI is InChI=1S/C32H34N4O8S/c1-2-28(30(38)34-17-21-7-6-12-40-21)45-32-35-23-15-27-26(43-19-44-27)14-22(23)31(39)36(32)11-5-3-4-8-29(37)33-16-20-9-10-24-25(13-20)42-18-41-24/h6-7,9-10,12-15,28H,2-5,8,11,16-19H2,1H3,(H,33,37)(H,34,38)/t28-/m1/s1. The maximum absolute atomic E-state index is 13.8. The largest absolute Gasteiger partial charge is 0.467 e. The highest BCUT2D eigenvalue weighted by molar-refractivity contribution is 8.00. The number of unbranched alkanes of at least 4 members (excludes halogenated alkanes) is 2. The van der Waals surface area contributed by atoms with Crippen LogP contribution in [0.1, 0.15) is 50.4 Å². The molecule has 1 atom stereocenters. The first-order chi connectivity index (χ1) is 22.0. The molecule has 4 heterocycles. The Morgan fingerprint density at radius 3 is 2.49 bits per heavy atom. The molecule has 4 aromatic rings. The summed E-state index contributed by atoms with van der Waals surface area (Å²) in [4.78, 5) is 44.1. The Labute approximate surface area is 263 Å². The number of nitrogens with zero attached hydrogens (tertiary/aromatic N) is 2. The smallest absolute Gasteiger partial charge is 0.262 e. The highest BCUT2D eigenvalue weighted by atomic mass is 32.2. The lowest BCUT2D eigenvalue weighted by atomic mass is 10.1. The molecule has 2 aromatic heterocycles. The number of thioether (sulfide) groups is 1. The van der Waals surface area contributed by atoms with Gasteiger partial charge in [-0.15, -0.1) is 0 Å². The molecular formula is C32H34N4O8S. The van der Waals surface area contributed by atoms with E-state index in [1.54, 1.807) is 35.1 Å². The van der Waals surface area contributed by atoms with E-state index in [0.717, 1.165) is 12.0 Å². The van der Waals surface area contributed by atoms with Crippen LogP contribution in [0.15, 0.2) is 63.1 Å². The van der Waals surface area contributed by atoms with Gasteiger partial charge in [-0.05, 0) is 55.2 Å². The molecular weight excluding hydrogens is 600 g/mol. The van der Waals surface area contributed by atoms with Gasteiger partial charge in [-0.3, -0.25) is 19.0 Å². The second-order valence-corrected chi connectivity index (χ2v) is 11.8. The minimum atomic E-state index is -0.474. The van der Waals surface area contributed by atoms with Crippen molar-refractivity contribution in [3.05, 3.63) is 70.4 Å². The van der Waals surface area contributed by atoms with Gasteiger partial charge >= 0.3 is 0 Å². The van der Waals surface area contributed by atoms with Crippen molar-refractivity contribution in [3.63, 3.8) is 0 Å². The monoisotopic (exact) mass is 634 g/mol. The molecule has 0 unspecified atom stereocenters. The fourth-order valence-electron chi connectivity index (χ4n) is 5.10. The number of nitrogens with one attached hydrogen (secondary N) is 2. The summed E-state index contributed by atoms with van der Waals surface area (Å²) in [5.74, 6) is 2.86. The van der Waals surface area contributed by atoms with E-state index in [-0.39, 0.29) is 37.5 Å². The Bertz CT molecular complexity index is 1740. The van der Waals surface area contributed by atoms with E-state index in [1.165, 1.54) is 11.8 Å². The Kier molecular flexibility index (Phi) is 9.44. The SMILES string of the molecule is CC[C@@H](Sc1nc2cc3c(cc2c(=O)n1CCCCCC(=O)NCc1ccc2c(c1)OCO2)OCO3)C(=O)NCc1ccco1. The Morgan fingerprint density at radius 1 is 0.933 bits per heavy atom. The van der Waals surface area contributed by atoms with Crippen LogP contribution in [0.3, 0.4) is 0 Å². The van der Waals surface area contributed by atoms with Crippen molar-refractivity contribution in [3.8, 4) is 23.0 Å². The van der Waals surface area contributed by atoms with Crippen molar-refractivity contribution >= 4 is 34.5 Å². The molecule has 0 saturated heterocycles. The Morgan fingerprint density at radius 2 is 1.71 bits per heavy atom. The van der Waals surface area contributed by atoms with E-state index >= 15 is 0 Å². The van der Waals surface area contributed by atoms with Crippen LogP contribution < -0.4 is 35.1 Å². The van der Waals surface area contributed by atoms with Crippen LogP contribution in [-0.2, 0) is 29.2 Å². The highest BCUT2D eigenvalue weighted by Crippen LogP contribution is 2.36. The van der Waals surface area contributed by atoms with Crippen molar-refractivity contribution in [1.29, 1.82) is 0 Å². The van der Waals surface area contributed by atoms with Gasteiger partial charge in [0, 0.05) is 25.6 Å². The van der Waals surface area contributed by atoms with Crippen LogP contribution in [0.2, 0.25) is 0 Å². The molecule has 2 aliphatic heterocycles. The first-order valence-corrected chi connectivity index (χ1v) is 15.8.